The van der Waals surface area contributed by atoms with Gasteiger partial charge >= 0.3 is 11.9 Å². The molecule has 0 aliphatic heterocycles. The van der Waals surface area contributed by atoms with E-state index in [1.807, 2.05) is 21.1 Å². The Morgan fingerprint density at radius 3 is 1.10 bits per heavy atom. The van der Waals surface area contributed by atoms with Crippen molar-refractivity contribution in [2.45, 2.75) is 283 Å². The summed E-state index contributed by atoms with van der Waals surface area (Å²) >= 11 is 0. The second kappa shape index (κ2) is 57.9. The summed E-state index contributed by atoms with van der Waals surface area (Å²) in [6.45, 7) is 4.15. The van der Waals surface area contributed by atoms with Crippen LogP contribution < -0.4 is 4.89 Å². The lowest BCUT2D eigenvalue weighted by Gasteiger charge is -2.28. The summed E-state index contributed by atoms with van der Waals surface area (Å²) in [5.74, 6) is -0.828. The average Bonchev–Trinajstić information content (AvgIpc) is 3.39. The number of rotatable bonds is 58. The van der Waals surface area contributed by atoms with Gasteiger partial charge in [0.15, 0.2) is 6.10 Å². The van der Waals surface area contributed by atoms with E-state index in [9.17, 15) is 19.0 Å². The Kier molecular flexibility index (Phi) is 55.8. The second-order valence-electron chi connectivity index (χ2n) is 22.4. The van der Waals surface area contributed by atoms with Crippen LogP contribution in [-0.4, -0.2) is 70.0 Å². The molecule has 0 fully saturated rings. The number of carbonyl (C=O) groups is 2. The maximum atomic E-state index is 12.8. The molecular formula is C67H120NO8P. The van der Waals surface area contributed by atoms with Gasteiger partial charge in [0.1, 0.15) is 19.8 Å². The molecule has 0 rings (SSSR count). The Balaban J connectivity index is 4.11. The van der Waals surface area contributed by atoms with E-state index in [4.69, 9.17) is 18.5 Å². The molecule has 0 N–H and O–H groups in total. The van der Waals surface area contributed by atoms with E-state index in [0.717, 1.165) is 89.9 Å². The molecule has 0 aromatic heterocycles. The quantitative estimate of drug-likeness (QED) is 0.0195. The fraction of sp³-hybridized carbons (Fsp3) is 0.761. The zero-order valence-electron chi connectivity index (χ0n) is 50.6. The zero-order valence-corrected chi connectivity index (χ0v) is 51.5. The summed E-state index contributed by atoms with van der Waals surface area (Å²) in [7, 11) is 1.17. The van der Waals surface area contributed by atoms with Gasteiger partial charge in [0, 0.05) is 12.8 Å². The lowest BCUT2D eigenvalue weighted by Crippen LogP contribution is -2.37. The molecule has 0 aliphatic carbocycles. The number of unbranched alkanes of at least 4 members (excludes halogenated alkanes) is 30. The van der Waals surface area contributed by atoms with Crippen molar-refractivity contribution in [1.29, 1.82) is 0 Å². The SMILES string of the molecule is CC/C=C\C/C=C\C/C=C\C/C=C\C/C=C\C/C=C\C/C=C\CCCCCCCCCCCCCC(=O)OC(COC(=O)CCCCCCCCCCCCCCCCCCCCCC)COP(=O)([O-])OCC[N+](C)(C)C. The van der Waals surface area contributed by atoms with Crippen LogP contribution in [0.4, 0.5) is 0 Å². The van der Waals surface area contributed by atoms with Crippen LogP contribution in [0.2, 0.25) is 0 Å². The summed E-state index contributed by atoms with van der Waals surface area (Å²) in [5, 5.41) is 0. The Hall–Kier alpha value is -2.81. The molecule has 9 nitrogen and oxygen atoms in total. The topological polar surface area (TPSA) is 111 Å². The van der Waals surface area contributed by atoms with E-state index in [1.165, 1.54) is 154 Å². The molecule has 0 amide bonds. The number of carbonyl (C=O) groups excluding carboxylic acids is 2. The number of phosphoric ester groups is 1. The van der Waals surface area contributed by atoms with Crippen molar-refractivity contribution in [3.63, 3.8) is 0 Å². The first-order valence-corrected chi connectivity index (χ1v) is 33.3. The van der Waals surface area contributed by atoms with Gasteiger partial charge < -0.3 is 27.9 Å². The first-order valence-electron chi connectivity index (χ1n) is 31.8. The van der Waals surface area contributed by atoms with Crippen LogP contribution in [-0.2, 0) is 32.7 Å². The number of hydrogen-bond acceptors (Lipinski definition) is 8. The highest BCUT2D eigenvalue weighted by molar-refractivity contribution is 7.45. The standard InChI is InChI=1S/C67H120NO8P/c1-6-8-10-12-14-16-18-20-22-24-26-28-29-30-31-32-33-34-35-36-37-38-39-40-42-44-46-48-50-52-54-56-58-60-67(70)76-65(64-75-77(71,72)74-62-61-68(3,4)5)63-73-66(69)59-57-55-53-51-49-47-45-43-41-27-25-23-21-19-17-15-13-11-9-7-2/h8,10,14,16,20,22,26,28,30-31,33-34,36-37,65H,6-7,9,11-13,15,17-19,21,23-25,27,29,32,35,38-64H2,1-5H3/b10-8-,16-14-,22-20-,28-26-,31-30-,34-33-,37-36-. The van der Waals surface area contributed by atoms with Crippen molar-refractivity contribution in [3.8, 4) is 0 Å². The maximum absolute atomic E-state index is 12.8. The lowest BCUT2D eigenvalue weighted by atomic mass is 10.0. The smallest absolute Gasteiger partial charge is 0.306 e. The number of phosphoric acid groups is 1. The normalized spacial score (nSPS) is 13.8. The molecule has 0 saturated heterocycles. The van der Waals surface area contributed by atoms with Gasteiger partial charge in [-0.15, -0.1) is 0 Å². The van der Waals surface area contributed by atoms with Crippen LogP contribution in [0.3, 0.4) is 0 Å². The third-order valence-corrected chi connectivity index (χ3v) is 14.6. The summed E-state index contributed by atoms with van der Waals surface area (Å²) in [6, 6.07) is 0. The average molecular weight is 1100 g/mol. The minimum Gasteiger partial charge on any atom is -0.756 e. The van der Waals surface area contributed by atoms with Gasteiger partial charge in [-0.2, -0.15) is 0 Å². The monoisotopic (exact) mass is 1100 g/mol. The van der Waals surface area contributed by atoms with Gasteiger partial charge in [0.25, 0.3) is 7.82 Å². The third kappa shape index (κ3) is 62.3. The molecule has 0 aromatic carbocycles. The molecule has 0 saturated carbocycles. The number of allylic oxidation sites excluding steroid dienone is 14. The lowest BCUT2D eigenvalue weighted by molar-refractivity contribution is -0.870. The van der Waals surface area contributed by atoms with Gasteiger partial charge in [-0.1, -0.05) is 279 Å². The minimum absolute atomic E-state index is 0.0328. The summed E-state index contributed by atoms with van der Waals surface area (Å²) in [5.41, 5.74) is 0. The molecule has 77 heavy (non-hydrogen) atoms. The number of ether oxygens (including phenoxy) is 2. The number of nitrogens with zero attached hydrogens (tertiary/aromatic N) is 1. The Morgan fingerprint density at radius 1 is 0.416 bits per heavy atom. The Bertz CT molecular complexity index is 1580. The van der Waals surface area contributed by atoms with Crippen LogP contribution in [0.25, 0.3) is 0 Å². The molecule has 0 heterocycles. The van der Waals surface area contributed by atoms with Crippen LogP contribution in [0.1, 0.15) is 277 Å². The molecule has 0 aliphatic rings. The van der Waals surface area contributed by atoms with Gasteiger partial charge in [-0.3, -0.25) is 14.2 Å². The van der Waals surface area contributed by atoms with Gasteiger partial charge in [-0.25, -0.2) is 0 Å². The first kappa shape index (κ1) is 74.2. The highest BCUT2D eigenvalue weighted by atomic mass is 31.2. The molecule has 0 bridgehead atoms. The molecule has 10 heteroatoms. The minimum atomic E-state index is -4.64. The molecular weight excluding hydrogens is 978 g/mol. The van der Waals surface area contributed by atoms with E-state index in [2.05, 4.69) is 98.9 Å². The predicted octanol–water partition coefficient (Wildman–Crippen LogP) is 19.6. The number of quaternary nitrogens is 1. The van der Waals surface area contributed by atoms with E-state index in [-0.39, 0.29) is 32.0 Å². The van der Waals surface area contributed by atoms with Gasteiger partial charge in [0.2, 0.25) is 0 Å². The number of likely N-dealkylation sites (N-methyl/N-ethyl adjacent to an activating group) is 1. The van der Waals surface area contributed by atoms with E-state index in [0.29, 0.717) is 17.4 Å². The molecule has 2 atom stereocenters. The largest absolute Gasteiger partial charge is 0.756 e. The highest BCUT2D eigenvalue weighted by Crippen LogP contribution is 2.38. The summed E-state index contributed by atoms with van der Waals surface area (Å²) < 4.78 is 34.2. The van der Waals surface area contributed by atoms with Crippen LogP contribution in [0, 0.1) is 0 Å². The highest BCUT2D eigenvalue weighted by Gasteiger charge is 2.22. The maximum Gasteiger partial charge on any atom is 0.306 e. The van der Waals surface area contributed by atoms with Gasteiger partial charge in [-0.05, 0) is 70.6 Å². The van der Waals surface area contributed by atoms with Crippen molar-refractivity contribution >= 4 is 19.8 Å². The molecule has 2 unspecified atom stereocenters. The number of esters is 2. The van der Waals surface area contributed by atoms with Crippen molar-refractivity contribution in [2.24, 2.45) is 0 Å². The molecule has 446 valence electrons. The second-order valence-corrected chi connectivity index (χ2v) is 23.8. The molecule has 0 aromatic rings. The third-order valence-electron chi connectivity index (χ3n) is 13.7. The summed E-state index contributed by atoms with van der Waals surface area (Å²) in [6.07, 6.45) is 77.8. The van der Waals surface area contributed by atoms with Crippen LogP contribution >= 0.6 is 7.82 Å². The van der Waals surface area contributed by atoms with Crippen molar-refractivity contribution in [1.82, 2.24) is 0 Å². The Labute approximate surface area is 475 Å². The van der Waals surface area contributed by atoms with E-state index >= 15 is 0 Å². The molecule has 0 spiro atoms. The molecule has 0 radical (unpaired) electrons. The Morgan fingerprint density at radius 2 is 0.740 bits per heavy atom. The fourth-order valence-corrected chi connectivity index (χ4v) is 9.54. The van der Waals surface area contributed by atoms with Crippen LogP contribution in [0.15, 0.2) is 85.1 Å². The van der Waals surface area contributed by atoms with Gasteiger partial charge in [0.05, 0.1) is 27.7 Å². The van der Waals surface area contributed by atoms with E-state index < -0.39 is 26.5 Å². The predicted molar refractivity (Wildman–Crippen MR) is 328 cm³/mol. The van der Waals surface area contributed by atoms with Crippen LogP contribution in [0.5, 0.6) is 0 Å². The fourth-order valence-electron chi connectivity index (χ4n) is 8.81. The van der Waals surface area contributed by atoms with Crippen molar-refractivity contribution in [3.05, 3.63) is 85.1 Å². The summed E-state index contributed by atoms with van der Waals surface area (Å²) in [4.78, 5) is 38.0. The van der Waals surface area contributed by atoms with Crippen molar-refractivity contribution < 1.29 is 42.1 Å². The van der Waals surface area contributed by atoms with E-state index in [1.54, 1.807) is 0 Å². The first-order chi connectivity index (χ1) is 37.5. The van der Waals surface area contributed by atoms with Crippen molar-refractivity contribution in [2.75, 3.05) is 47.5 Å². The zero-order chi connectivity index (χ0) is 56.3. The number of hydrogen-bond donors (Lipinski definition) is 0.